The van der Waals surface area contributed by atoms with E-state index in [1.807, 2.05) is 23.5 Å². The fourth-order valence-corrected chi connectivity index (χ4v) is 10.3. The van der Waals surface area contributed by atoms with Crippen molar-refractivity contribution in [1.29, 1.82) is 0 Å². The number of nitrogens with zero attached hydrogens (tertiary/aromatic N) is 3. The average Bonchev–Trinajstić information content (AvgIpc) is 3.93. The van der Waals surface area contributed by atoms with E-state index in [1.54, 1.807) is 0 Å². The van der Waals surface area contributed by atoms with Crippen molar-refractivity contribution in [3.8, 4) is 67.3 Å². The lowest BCUT2D eigenvalue weighted by Gasteiger charge is -2.16. The van der Waals surface area contributed by atoms with Gasteiger partial charge in [-0.15, -0.1) is 11.3 Å². The summed E-state index contributed by atoms with van der Waals surface area (Å²) in [5, 5.41) is 4.58. The molecular weight excluding hydrogens is 787 g/mol. The summed E-state index contributed by atoms with van der Waals surface area (Å²) in [5.74, 6) is 2.31. The monoisotopic (exact) mass is 825 g/mol. The van der Waals surface area contributed by atoms with Gasteiger partial charge in [-0.2, -0.15) is 0 Å². The number of fused-ring (bicyclic) bond motifs is 6. The lowest BCUT2D eigenvalue weighted by atomic mass is 9.92. The summed E-state index contributed by atoms with van der Waals surface area (Å²) in [5.41, 5.74) is 13.5. The molecule has 1 aliphatic carbocycles. The first-order valence-corrected chi connectivity index (χ1v) is 22.3. The zero-order valence-electron chi connectivity index (χ0n) is 34.5. The summed E-state index contributed by atoms with van der Waals surface area (Å²) >= 11 is 1.81. The normalized spacial score (nSPS) is 13.9. The third-order valence-electron chi connectivity index (χ3n) is 12.3. The molecule has 0 saturated carbocycles. The number of hydrogen-bond donors (Lipinski definition) is 0. The maximum absolute atomic E-state index is 6.52. The van der Waals surface area contributed by atoms with E-state index in [0.29, 0.717) is 23.4 Å². The highest BCUT2D eigenvalue weighted by molar-refractivity contribution is 7.26. The Morgan fingerprint density at radius 2 is 1.10 bits per heavy atom. The van der Waals surface area contributed by atoms with E-state index in [0.717, 1.165) is 83.8 Å². The molecule has 298 valence electrons. The van der Waals surface area contributed by atoms with Crippen molar-refractivity contribution in [3.05, 3.63) is 206 Å². The molecule has 0 radical (unpaired) electrons. The molecule has 0 N–H and O–H groups in total. The van der Waals surface area contributed by atoms with Crippen molar-refractivity contribution in [3.63, 3.8) is 0 Å². The lowest BCUT2D eigenvalue weighted by molar-refractivity contribution is 0.670. The van der Waals surface area contributed by atoms with Gasteiger partial charge in [0.1, 0.15) is 11.2 Å². The van der Waals surface area contributed by atoms with Gasteiger partial charge in [-0.05, 0) is 87.7 Å². The maximum atomic E-state index is 6.52. The number of allylic oxidation sites excluding steroid dienone is 4. The van der Waals surface area contributed by atoms with Gasteiger partial charge in [0.25, 0.3) is 0 Å². The largest absolute Gasteiger partial charge is 0.455 e. The van der Waals surface area contributed by atoms with Crippen LogP contribution >= 0.6 is 11.3 Å². The summed E-state index contributed by atoms with van der Waals surface area (Å²) in [7, 11) is 0. The summed E-state index contributed by atoms with van der Waals surface area (Å²) in [6.45, 7) is 2.25. The first-order valence-electron chi connectivity index (χ1n) is 21.5. The summed E-state index contributed by atoms with van der Waals surface area (Å²) < 4.78 is 8.95. The molecule has 5 heteroatoms. The highest BCUT2D eigenvalue weighted by Crippen LogP contribution is 2.43. The Morgan fingerprint density at radius 1 is 0.460 bits per heavy atom. The zero-order chi connectivity index (χ0) is 41.9. The van der Waals surface area contributed by atoms with Crippen LogP contribution in [0.3, 0.4) is 0 Å². The Kier molecular flexibility index (Phi) is 9.01. The quantitative estimate of drug-likeness (QED) is 0.161. The van der Waals surface area contributed by atoms with Gasteiger partial charge in [0, 0.05) is 53.2 Å². The van der Waals surface area contributed by atoms with Crippen LogP contribution in [0.15, 0.2) is 205 Å². The topological polar surface area (TPSA) is 51.8 Å². The number of para-hydroxylation sites is 2. The number of aromatic nitrogens is 3. The van der Waals surface area contributed by atoms with Crippen LogP contribution in [0.1, 0.15) is 19.2 Å². The molecule has 3 aromatic heterocycles. The van der Waals surface area contributed by atoms with E-state index in [4.69, 9.17) is 19.4 Å². The molecule has 3 heterocycles. The second kappa shape index (κ2) is 15.3. The Hall–Kier alpha value is -7.73. The number of hydrogen-bond acceptors (Lipinski definition) is 5. The van der Waals surface area contributed by atoms with Crippen molar-refractivity contribution in [2.24, 2.45) is 5.92 Å². The van der Waals surface area contributed by atoms with Gasteiger partial charge in [-0.1, -0.05) is 171 Å². The third kappa shape index (κ3) is 6.65. The van der Waals surface area contributed by atoms with Crippen LogP contribution in [0, 0.1) is 5.92 Å². The molecule has 12 rings (SSSR count). The van der Waals surface area contributed by atoms with Crippen LogP contribution < -0.4 is 0 Å². The molecule has 0 fully saturated rings. The van der Waals surface area contributed by atoms with Crippen LogP contribution in [0.25, 0.3) is 115 Å². The SMILES string of the molecule is CC1C=C(c2nc(-c3cc(-c4ccccc4)ccc3-c3cccc(-c4cccc5c4oc4ccccc45)c3)nc(-c3cccc4sc5ccc(-c6ccccc6)cc5c34)n2)C=CC1. The first kappa shape index (κ1) is 37.1. The molecule has 0 saturated heterocycles. The van der Waals surface area contributed by atoms with Crippen LogP contribution in [0.4, 0.5) is 0 Å². The fraction of sp³-hybridized carbons (Fsp3) is 0.0517. The van der Waals surface area contributed by atoms with Crippen molar-refractivity contribution in [2.45, 2.75) is 13.3 Å². The number of benzene rings is 8. The second-order valence-corrected chi connectivity index (χ2v) is 17.5. The molecule has 4 nitrogen and oxygen atoms in total. The third-order valence-corrected chi connectivity index (χ3v) is 13.4. The van der Waals surface area contributed by atoms with Gasteiger partial charge in [-0.25, -0.2) is 15.0 Å². The molecule has 1 aliphatic rings. The molecule has 0 amide bonds. The van der Waals surface area contributed by atoms with E-state index in [9.17, 15) is 0 Å². The van der Waals surface area contributed by atoms with Crippen LogP contribution in [0.5, 0.6) is 0 Å². The van der Waals surface area contributed by atoms with E-state index in [-0.39, 0.29) is 0 Å². The fourth-order valence-electron chi connectivity index (χ4n) is 9.18. The van der Waals surface area contributed by atoms with Gasteiger partial charge in [0.05, 0.1) is 0 Å². The molecule has 1 unspecified atom stereocenters. The average molecular weight is 826 g/mol. The maximum Gasteiger partial charge on any atom is 0.164 e. The Bertz CT molecular complexity index is 3620. The zero-order valence-corrected chi connectivity index (χ0v) is 35.3. The smallest absolute Gasteiger partial charge is 0.164 e. The van der Waals surface area contributed by atoms with Gasteiger partial charge in [0.2, 0.25) is 0 Å². The highest BCUT2D eigenvalue weighted by Gasteiger charge is 2.22. The minimum absolute atomic E-state index is 0.366. The predicted octanol–water partition coefficient (Wildman–Crippen LogP) is 16.1. The summed E-state index contributed by atoms with van der Waals surface area (Å²) in [6, 6.07) is 64.5. The van der Waals surface area contributed by atoms with E-state index >= 15 is 0 Å². The summed E-state index contributed by atoms with van der Waals surface area (Å²) in [6.07, 6.45) is 7.68. The molecule has 0 aliphatic heterocycles. The van der Waals surface area contributed by atoms with Crippen LogP contribution in [0.2, 0.25) is 0 Å². The summed E-state index contributed by atoms with van der Waals surface area (Å²) in [4.78, 5) is 16.2. The van der Waals surface area contributed by atoms with E-state index in [2.05, 4.69) is 195 Å². The van der Waals surface area contributed by atoms with Crippen LogP contribution in [-0.2, 0) is 0 Å². The molecule has 8 aromatic carbocycles. The lowest BCUT2D eigenvalue weighted by Crippen LogP contribution is -2.05. The standard InChI is InChI=1S/C58H39N3OS/c1-36-14-10-21-43(32-36)56-59-57(48-25-13-27-53-54(48)50-35-40(29-31-52(50)63-53)38-17-6-3-7-18-38)61-58(60-56)49-34-39(37-15-4-2-5-16-37)28-30-44(49)41-19-11-20-42(33-41)45-23-12-24-47-46-22-8-9-26-51(46)62-55(45)47/h2-13,15-36H,14H2,1H3. The van der Waals surface area contributed by atoms with Gasteiger partial charge in [-0.3, -0.25) is 0 Å². The van der Waals surface area contributed by atoms with E-state index < -0.39 is 0 Å². The Balaban J connectivity index is 1.08. The molecule has 0 bridgehead atoms. The Labute approximate surface area is 369 Å². The van der Waals surface area contributed by atoms with Crippen molar-refractivity contribution in [2.75, 3.05) is 0 Å². The minimum atomic E-state index is 0.366. The molecule has 63 heavy (non-hydrogen) atoms. The number of thiophene rings is 1. The minimum Gasteiger partial charge on any atom is -0.455 e. The van der Waals surface area contributed by atoms with Crippen molar-refractivity contribution >= 4 is 59.0 Å². The van der Waals surface area contributed by atoms with Crippen LogP contribution in [-0.4, -0.2) is 15.0 Å². The molecule has 1 atom stereocenters. The van der Waals surface area contributed by atoms with E-state index in [1.165, 1.54) is 25.9 Å². The molecule has 11 aromatic rings. The second-order valence-electron chi connectivity index (χ2n) is 16.4. The Morgan fingerprint density at radius 3 is 1.90 bits per heavy atom. The first-order chi connectivity index (χ1) is 31.1. The van der Waals surface area contributed by atoms with Crippen molar-refractivity contribution in [1.82, 2.24) is 15.0 Å². The van der Waals surface area contributed by atoms with Crippen molar-refractivity contribution < 1.29 is 4.42 Å². The highest BCUT2D eigenvalue weighted by atomic mass is 32.1. The predicted molar refractivity (Wildman–Crippen MR) is 264 cm³/mol. The van der Waals surface area contributed by atoms with Gasteiger partial charge >= 0.3 is 0 Å². The molecular formula is C58H39N3OS. The number of furan rings is 1. The number of rotatable bonds is 7. The van der Waals surface area contributed by atoms with Gasteiger partial charge in [0.15, 0.2) is 17.5 Å². The van der Waals surface area contributed by atoms with Gasteiger partial charge < -0.3 is 4.42 Å². The molecule has 0 spiro atoms.